The Labute approximate surface area is 142 Å². The van der Waals surface area contributed by atoms with Crippen molar-refractivity contribution in [2.45, 2.75) is 0 Å². The molecular formula is C22H16B2-2. The van der Waals surface area contributed by atoms with Gasteiger partial charge in [-0.3, -0.25) is 21.1 Å². The molecular weight excluding hydrogens is 286 g/mol. The minimum atomic E-state index is 0.348. The second-order valence-corrected chi connectivity index (χ2v) is 6.56. The van der Waals surface area contributed by atoms with Gasteiger partial charge in [-0.05, 0) is 0 Å². The summed E-state index contributed by atoms with van der Waals surface area (Å²) in [5.41, 5.74) is 5.66. The second kappa shape index (κ2) is 5.42. The molecule has 2 aliphatic rings. The lowest BCUT2D eigenvalue weighted by Gasteiger charge is -2.31. The summed E-state index contributed by atoms with van der Waals surface area (Å²) in [5, 5.41) is 2.91. The van der Waals surface area contributed by atoms with E-state index in [9.17, 15) is 0 Å². The van der Waals surface area contributed by atoms with Crippen molar-refractivity contribution in [3.63, 3.8) is 0 Å². The Kier molecular flexibility index (Phi) is 3.09. The van der Waals surface area contributed by atoms with Gasteiger partial charge in [-0.2, -0.15) is 0 Å². The zero-order valence-corrected chi connectivity index (χ0v) is 13.4. The summed E-state index contributed by atoms with van der Waals surface area (Å²) < 4.78 is 0. The maximum atomic E-state index is 2.30. The van der Waals surface area contributed by atoms with Crippen LogP contribution in [0.25, 0.3) is 35.2 Å². The van der Waals surface area contributed by atoms with Gasteiger partial charge in [-0.25, -0.2) is 10.9 Å². The molecule has 2 heteroatoms. The third-order valence-corrected chi connectivity index (χ3v) is 5.28. The van der Waals surface area contributed by atoms with Crippen molar-refractivity contribution in [3.8, 4) is 10.9 Å². The topological polar surface area (TPSA) is 0 Å². The molecule has 0 radical (unpaired) electrons. The van der Waals surface area contributed by atoms with Gasteiger partial charge in [0.2, 0.25) is 0 Å². The first-order chi connectivity index (χ1) is 11.9. The van der Waals surface area contributed by atoms with Gasteiger partial charge in [-0.1, -0.05) is 85.5 Å². The lowest BCUT2D eigenvalue weighted by molar-refractivity contribution is 1.70. The smallest absolute Gasteiger partial charge is 0.0625 e. The van der Waals surface area contributed by atoms with Crippen molar-refractivity contribution >= 4 is 37.0 Å². The van der Waals surface area contributed by atoms with E-state index < -0.39 is 0 Å². The normalized spacial score (nSPS) is 13.3. The fourth-order valence-corrected chi connectivity index (χ4v) is 4.29. The van der Waals surface area contributed by atoms with E-state index in [0.29, 0.717) is 12.7 Å². The van der Waals surface area contributed by atoms with Crippen molar-refractivity contribution in [1.29, 1.82) is 0 Å². The first-order valence-corrected chi connectivity index (χ1v) is 8.54. The van der Waals surface area contributed by atoms with Crippen molar-refractivity contribution in [2.24, 2.45) is 0 Å². The molecule has 0 atom stereocenters. The molecule has 5 rings (SSSR count). The molecule has 0 amide bonds. The summed E-state index contributed by atoms with van der Waals surface area (Å²) in [4.78, 5) is 0. The van der Waals surface area contributed by atoms with Crippen molar-refractivity contribution in [1.82, 2.24) is 0 Å². The molecule has 0 saturated heterocycles. The van der Waals surface area contributed by atoms with E-state index in [2.05, 4.69) is 97.1 Å². The molecule has 0 N–H and O–H groups in total. The van der Waals surface area contributed by atoms with Crippen LogP contribution < -0.4 is 10.2 Å². The van der Waals surface area contributed by atoms with Gasteiger partial charge >= 0.3 is 0 Å². The highest BCUT2D eigenvalue weighted by molar-refractivity contribution is 6.77. The number of fused-ring (bicyclic) bond motifs is 2. The van der Waals surface area contributed by atoms with Gasteiger partial charge in [0.15, 0.2) is 0 Å². The van der Waals surface area contributed by atoms with Crippen LogP contribution in [0, 0.1) is 0 Å². The Morgan fingerprint density at radius 1 is 0.500 bits per heavy atom. The summed E-state index contributed by atoms with van der Waals surface area (Å²) in [6.07, 6.45) is 14.3. The van der Waals surface area contributed by atoms with Gasteiger partial charge in [0.1, 0.15) is 0 Å². The van der Waals surface area contributed by atoms with Crippen molar-refractivity contribution in [3.05, 3.63) is 94.0 Å². The van der Waals surface area contributed by atoms with Crippen LogP contribution in [0.2, 0.25) is 0 Å². The summed E-state index contributed by atoms with van der Waals surface area (Å²) in [6.45, 7) is 0. The molecule has 1 aromatic heterocycles. The molecule has 0 spiro atoms. The van der Waals surface area contributed by atoms with Crippen LogP contribution in [0.5, 0.6) is 0 Å². The molecule has 2 aliphatic carbocycles. The molecule has 0 aliphatic heterocycles. The quantitative estimate of drug-likeness (QED) is 0.681. The number of hydrogen-bond donors (Lipinski definition) is 0. The van der Waals surface area contributed by atoms with Crippen LogP contribution in [0.3, 0.4) is 0 Å². The SMILES string of the molecule is C1=Cc2[b-](-c3ccccc3)c3c([b-](-c4ccccc4)c2=C1)C=CC=3. The largest absolute Gasteiger partial charge is 0.258 e. The molecule has 0 unspecified atom stereocenters. The van der Waals surface area contributed by atoms with Crippen LogP contribution in [0.1, 0.15) is 10.9 Å². The van der Waals surface area contributed by atoms with Gasteiger partial charge < -0.3 is 0 Å². The van der Waals surface area contributed by atoms with Gasteiger partial charge in [0, 0.05) is 0 Å². The molecule has 0 fully saturated rings. The Bertz CT molecular complexity index is 1030. The van der Waals surface area contributed by atoms with Gasteiger partial charge in [0.25, 0.3) is 0 Å². The average Bonchev–Trinajstić information content (AvgIpc) is 3.30. The van der Waals surface area contributed by atoms with Crippen LogP contribution in [-0.2, 0) is 0 Å². The van der Waals surface area contributed by atoms with E-state index in [-0.39, 0.29) is 0 Å². The average molecular weight is 302 g/mol. The third-order valence-electron chi connectivity index (χ3n) is 5.28. The maximum absolute atomic E-state index is 2.30. The summed E-state index contributed by atoms with van der Waals surface area (Å²) in [5.74, 6) is 0. The summed E-state index contributed by atoms with van der Waals surface area (Å²) in [6, 6.07) is 21.8. The van der Waals surface area contributed by atoms with E-state index in [1.807, 2.05) is 0 Å². The van der Waals surface area contributed by atoms with E-state index in [1.165, 1.54) is 32.1 Å². The molecule has 3 aromatic rings. The highest BCUT2D eigenvalue weighted by Crippen LogP contribution is 2.16. The van der Waals surface area contributed by atoms with Crippen LogP contribution in [0.4, 0.5) is 0 Å². The Balaban J connectivity index is 1.94. The predicted molar refractivity (Wildman–Crippen MR) is 107 cm³/mol. The molecule has 112 valence electrons. The Hall–Kier alpha value is -2.73. The van der Waals surface area contributed by atoms with Crippen LogP contribution in [-0.4, -0.2) is 12.7 Å². The fraction of sp³-hybridized carbons (Fsp3) is 0. The highest BCUT2D eigenvalue weighted by atomic mass is 14.0. The Morgan fingerprint density at radius 2 is 0.917 bits per heavy atom. The van der Waals surface area contributed by atoms with E-state index in [4.69, 9.17) is 0 Å². The minimum absolute atomic E-state index is 0.348. The number of allylic oxidation sites excluding steroid dienone is 2. The first-order valence-electron chi connectivity index (χ1n) is 8.54. The Morgan fingerprint density at radius 3 is 1.33 bits per heavy atom. The monoisotopic (exact) mass is 302 g/mol. The van der Waals surface area contributed by atoms with Crippen LogP contribution in [0.15, 0.2) is 72.8 Å². The van der Waals surface area contributed by atoms with E-state index in [1.54, 1.807) is 0 Å². The molecule has 0 saturated carbocycles. The van der Waals surface area contributed by atoms with Crippen molar-refractivity contribution < 1.29 is 0 Å². The highest BCUT2D eigenvalue weighted by Gasteiger charge is 2.04. The third kappa shape index (κ3) is 1.96. The summed E-state index contributed by atoms with van der Waals surface area (Å²) in [7, 11) is 0. The second-order valence-electron chi connectivity index (χ2n) is 6.56. The lowest BCUT2D eigenvalue weighted by Crippen LogP contribution is -2.38. The number of benzene rings is 2. The van der Waals surface area contributed by atoms with Crippen molar-refractivity contribution in [2.75, 3.05) is 0 Å². The fourth-order valence-electron chi connectivity index (χ4n) is 4.29. The predicted octanol–water partition coefficient (Wildman–Crippen LogP) is 3.33. The van der Waals surface area contributed by atoms with Gasteiger partial charge in [0.05, 0.1) is 0 Å². The van der Waals surface area contributed by atoms with E-state index in [0.717, 1.165) is 0 Å². The zero-order valence-electron chi connectivity index (χ0n) is 13.4. The van der Waals surface area contributed by atoms with E-state index >= 15 is 0 Å². The zero-order chi connectivity index (χ0) is 15.9. The first kappa shape index (κ1) is 13.7. The summed E-state index contributed by atoms with van der Waals surface area (Å²) >= 11 is 0. The maximum Gasteiger partial charge on any atom is -0.0625 e. The number of hydrogen-bond acceptors (Lipinski definition) is 0. The molecule has 1 heterocycles. The number of rotatable bonds is 2. The molecule has 0 nitrogen and oxygen atoms in total. The van der Waals surface area contributed by atoms with Crippen LogP contribution >= 0.6 is 0 Å². The molecule has 0 bridgehead atoms. The lowest BCUT2D eigenvalue weighted by atomic mass is 9.42. The standard InChI is InChI=1S/C22H16B2/c1-3-9-17(10-4-1)23-19-13-7-15-21(19)24(18-11-5-2-6-12-18)22-16-8-14-20(22)23/h1-16H/q-2. The molecule has 24 heavy (non-hydrogen) atoms. The minimum Gasteiger partial charge on any atom is -0.258 e. The van der Waals surface area contributed by atoms with Gasteiger partial charge in [-0.15, -0.1) is 24.3 Å². The molecule has 2 aromatic carbocycles.